The van der Waals surface area contributed by atoms with Gasteiger partial charge in [0.1, 0.15) is 5.75 Å². The summed E-state index contributed by atoms with van der Waals surface area (Å²) in [5, 5.41) is 7.25. The Hall–Kier alpha value is -3.06. The van der Waals surface area contributed by atoms with Crippen LogP contribution in [0.3, 0.4) is 0 Å². The van der Waals surface area contributed by atoms with Gasteiger partial charge < -0.3 is 19.7 Å². The minimum Gasteiger partial charge on any atom is -0.495 e. The molecule has 0 bridgehead atoms. The predicted octanol–water partition coefficient (Wildman–Crippen LogP) is 2.48. The van der Waals surface area contributed by atoms with E-state index in [9.17, 15) is 4.79 Å². The first kappa shape index (κ1) is 19.7. The maximum atomic E-state index is 12.1. The van der Waals surface area contributed by atoms with Crippen molar-refractivity contribution in [3.63, 3.8) is 0 Å². The van der Waals surface area contributed by atoms with Crippen molar-refractivity contribution >= 4 is 23.0 Å². The zero-order valence-electron chi connectivity index (χ0n) is 16.3. The average Bonchev–Trinajstić information content (AvgIpc) is 2.77. The summed E-state index contributed by atoms with van der Waals surface area (Å²) in [6, 6.07) is 15.6. The molecule has 7 heteroatoms. The lowest BCUT2D eigenvalue weighted by Crippen LogP contribution is -2.36. The van der Waals surface area contributed by atoms with E-state index >= 15 is 0 Å². The third-order valence-corrected chi connectivity index (χ3v) is 4.56. The zero-order valence-corrected chi connectivity index (χ0v) is 16.3. The highest BCUT2D eigenvalue weighted by atomic mass is 16.5. The van der Waals surface area contributed by atoms with E-state index < -0.39 is 0 Å². The first-order chi connectivity index (χ1) is 13.7. The smallest absolute Gasteiger partial charge is 0.259 e. The topological polar surface area (TPSA) is 75.2 Å². The molecule has 1 aliphatic heterocycles. The van der Waals surface area contributed by atoms with Gasteiger partial charge in [-0.3, -0.25) is 4.79 Å². The molecule has 0 saturated carbocycles. The predicted molar refractivity (Wildman–Crippen MR) is 111 cm³/mol. The van der Waals surface area contributed by atoms with Gasteiger partial charge in [0, 0.05) is 18.8 Å². The molecular weight excluding hydrogens is 356 g/mol. The number of carbonyl (C=O) groups excluding carboxylic acids is 1. The van der Waals surface area contributed by atoms with E-state index in [1.54, 1.807) is 7.11 Å². The normalized spacial score (nSPS) is 14.5. The number of morpholine rings is 1. The van der Waals surface area contributed by atoms with Crippen LogP contribution in [0.15, 0.2) is 53.6 Å². The van der Waals surface area contributed by atoms with Gasteiger partial charge >= 0.3 is 0 Å². The Kier molecular flexibility index (Phi) is 6.86. The largest absolute Gasteiger partial charge is 0.495 e. The molecule has 0 atom stereocenters. The molecule has 0 aliphatic carbocycles. The molecule has 1 aliphatic rings. The van der Waals surface area contributed by atoms with Crippen molar-refractivity contribution in [2.24, 2.45) is 5.10 Å². The number of carbonyl (C=O) groups is 1. The van der Waals surface area contributed by atoms with Crippen LogP contribution in [0, 0.1) is 0 Å². The molecule has 0 radical (unpaired) electrons. The third kappa shape index (κ3) is 5.23. The maximum Gasteiger partial charge on any atom is 0.259 e. The van der Waals surface area contributed by atoms with Crippen molar-refractivity contribution < 1.29 is 14.3 Å². The molecule has 1 saturated heterocycles. The molecule has 148 valence electrons. The zero-order chi connectivity index (χ0) is 19.8. The van der Waals surface area contributed by atoms with Crippen molar-refractivity contribution in [3.8, 4) is 5.75 Å². The molecule has 0 aromatic heterocycles. The summed E-state index contributed by atoms with van der Waals surface area (Å²) in [6.07, 6.45) is 0. The van der Waals surface area contributed by atoms with E-state index in [2.05, 4.69) is 32.9 Å². The second-order valence-corrected chi connectivity index (χ2v) is 6.43. The van der Waals surface area contributed by atoms with Crippen molar-refractivity contribution in [2.45, 2.75) is 6.92 Å². The van der Waals surface area contributed by atoms with E-state index in [1.807, 2.05) is 43.3 Å². The van der Waals surface area contributed by atoms with Gasteiger partial charge in [0.25, 0.3) is 5.91 Å². The van der Waals surface area contributed by atoms with Crippen molar-refractivity contribution in [1.82, 2.24) is 5.43 Å². The Balaban J connectivity index is 1.52. The number of benzene rings is 2. The second kappa shape index (κ2) is 9.75. The summed E-state index contributed by atoms with van der Waals surface area (Å²) in [6.45, 7) is 5.31. The summed E-state index contributed by atoms with van der Waals surface area (Å²) < 4.78 is 10.6. The second-order valence-electron chi connectivity index (χ2n) is 6.43. The highest BCUT2D eigenvalue weighted by molar-refractivity contribution is 5.99. The van der Waals surface area contributed by atoms with Crippen LogP contribution in [0.4, 0.5) is 11.4 Å². The van der Waals surface area contributed by atoms with Gasteiger partial charge in [0.2, 0.25) is 0 Å². The monoisotopic (exact) mass is 382 g/mol. The van der Waals surface area contributed by atoms with E-state index in [-0.39, 0.29) is 12.5 Å². The molecule has 3 rings (SSSR count). The van der Waals surface area contributed by atoms with Crippen LogP contribution >= 0.6 is 0 Å². The average molecular weight is 382 g/mol. The van der Waals surface area contributed by atoms with E-state index in [0.29, 0.717) is 5.75 Å². The van der Waals surface area contributed by atoms with Gasteiger partial charge in [-0.15, -0.1) is 0 Å². The van der Waals surface area contributed by atoms with Gasteiger partial charge in [-0.05, 0) is 36.8 Å². The van der Waals surface area contributed by atoms with Gasteiger partial charge in [0.15, 0.2) is 0 Å². The number of rotatable bonds is 7. The first-order valence-corrected chi connectivity index (χ1v) is 9.30. The summed E-state index contributed by atoms with van der Waals surface area (Å²) in [7, 11) is 1.60. The molecule has 7 nitrogen and oxygen atoms in total. The number of nitrogens with one attached hydrogen (secondary N) is 2. The van der Waals surface area contributed by atoms with E-state index in [1.165, 1.54) is 5.69 Å². The number of hydrogen-bond donors (Lipinski definition) is 2. The fourth-order valence-electron chi connectivity index (χ4n) is 2.95. The Bertz CT molecular complexity index is 815. The fraction of sp³-hybridized carbons (Fsp3) is 0.333. The van der Waals surface area contributed by atoms with Gasteiger partial charge in [-0.2, -0.15) is 5.10 Å². The standard InChI is InChI=1S/C21H26N4O3/c1-16(17-7-9-18(10-8-17)25-11-13-28-14-12-25)23-24-21(26)15-22-19-5-3-4-6-20(19)27-2/h3-10,22H,11-15H2,1-2H3,(H,24,26). The first-order valence-electron chi connectivity index (χ1n) is 9.30. The quantitative estimate of drug-likeness (QED) is 0.568. The maximum absolute atomic E-state index is 12.1. The minimum absolute atomic E-state index is 0.104. The van der Waals surface area contributed by atoms with E-state index in [4.69, 9.17) is 9.47 Å². The van der Waals surface area contributed by atoms with Crippen LogP contribution in [-0.4, -0.2) is 51.6 Å². The highest BCUT2D eigenvalue weighted by Crippen LogP contribution is 2.22. The van der Waals surface area contributed by atoms with Gasteiger partial charge in [-0.1, -0.05) is 24.3 Å². The molecule has 2 N–H and O–H groups in total. The summed E-state index contributed by atoms with van der Waals surface area (Å²) in [5.74, 6) is 0.463. The van der Waals surface area contributed by atoms with Gasteiger partial charge in [0.05, 0.1) is 38.3 Å². The summed E-state index contributed by atoms with van der Waals surface area (Å²) in [5.41, 5.74) is 6.24. The van der Waals surface area contributed by atoms with E-state index in [0.717, 1.165) is 43.3 Å². The van der Waals surface area contributed by atoms with Crippen LogP contribution in [0.5, 0.6) is 5.75 Å². The molecular formula is C21H26N4O3. The lowest BCUT2D eigenvalue weighted by atomic mass is 10.1. The Labute approximate surface area is 165 Å². The summed E-state index contributed by atoms with van der Waals surface area (Å²) in [4.78, 5) is 14.4. The molecule has 2 aromatic rings. The van der Waals surface area contributed by atoms with Crippen LogP contribution in [0.1, 0.15) is 12.5 Å². The number of anilines is 2. The third-order valence-electron chi connectivity index (χ3n) is 4.56. The molecule has 28 heavy (non-hydrogen) atoms. The Morgan fingerprint density at radius 2 is 1.86 bits per heavy atom. The summed E-state index contributed by atoms with van der Waals surface area (Å²) >= 11 is 0. The highest BCUT2D eigenvalue weighted by Gasteiger charge is 2.11. The number of nitrogens with zero attached hydrogens (tertiary/aromatic N) is 2. The van der Waals surface area contributed by atoms with Crippen molar-refractivity contribution in [1.29, 1.82) is 0 Å². The number of hydrazone groups is 1. The number of hydrogen-bond acceptors (Lipinski definition) is 6. The van der Waals surface area contributed by atoms with Crippen molar-refractivity contribution in [3.05, 3.63) is 54.1 Å². The molecule has 2 aromatic carbocycles. The number of methoxy groups -OCH3 is 1. The lowest BCUT2D eigenvalue weighted by molar-refractivity contribution is -0.119. The molecule has 1 amide bonds. The Morgan fingerprint density at radius 3 is 2.57 bits per heavy atom. The van der Waals surface area contributed by atoms with Crippen molar-refractivity contribution in [2.75, 3.05) is 50.2 Å². The minimum atomic E-state index is -0.227. The number of amides is 1. The fourth-order valence-corrected chi connectivity index (χ4v) is 2.95. The van der Waals surface area contributed by atoms with Crippen LogP contribution in [0.2, 0.25) is 0 Å². The number of para-hydroxylation sites is 2. The molecule has 1 heterocycles. The lowest BCUT2D eigenvalue weighted by Gasteiger charge is -2.28. The van der Waals surface area contributed by atoms with Crippen LogP contribution in [-0.2, 0) is 9.53 Å². The van der Waals surface area contributed by atoms with Crippen LogP contribution in [0.25, 0.3) is 0 Å². The molecule has 0 spiro atoms. The van der Waals surface area contributed by atoms with Gasteiger partial charge in [-0.25, -0.2) is 5.43 Å². The number of ether oxygens (including phenoxy) is 2. The SMILES string of the molecule is COc1ccccc1NCC(=O)NN=C(C)c1ccc(N2CCOCC2)cc1. The molecule has 0 unspecified atom stereocenters. The molecule has 1 fully saturated rings. The Morgan fingerprint density at radius 1 is 1.14 bits per heavy atom. The van der Waals surface area contributed by atoms with Crippen LogP contribution < -0.4 is 20.4 Å².